The Labute approximate surface area is 88.3 Å². The molecule has 0 bridgehead atoms. The van der Waals surface area contributed by atoms with E-state index in [2.05, 4.69) is 31.4 Å². The topological polar surface area (TPSA) is 58.1 Å². The molecule has 0 saturated heterocycles. The van der Waals surface area contributed by atoms with Gasteiger partial charge in [0.1, 0.15) is 0 Å². The van der Waals surface area contributed by atoms with Crippen molar-refractivity contribution < 1.29 is 4.79 Å². The van der Waals surface area contributed by atoms with Crippen LogP contribution in [-0.2, 0) is 4.79 Å². The zero-order chi connectivity index (χ0) is 9.84. The van der Waals surface area contributed by atoms with Gasteiger partial charge in [-0.15, -0.1) is 10.2 Å². The predicted molar refractivity (Wildman–Crippen MR) is 54.8 cm³/mol. The van der Waals surface area contributed by atoms with Crippen molar-refractivity contribution in [1.29, 1.82) is 0 Å². The number of hydrogen-bond acceptors (Lipinski definition) is 5. The van der Waals surface area contributed by atoms with E-state index < -0.39 is 0 Å². The van der Waals surface area contributed by atoms with E-state index >= 15 is 0 Å². The minimum atomic E-state index is 0.00585. The average Bonchev–Trinajstić information content (AvgIpc) is 2.47. The quantitative estimate of drug-likeness (QED) is 0.878. The smallest absolute Gasteiger partial charge is 0.241 e. The first-order chi connectivity index (χ1) is 6.09. The summed E-state index contributed by atoms with van der Waals surface area (Å²) < 4.78 is 0.701. The maximum absolute atomic E-state index is 11.1. The fraction of sp³-hybridized carbons (Fsp3) is 0.500. The van der Waals surface area contributed by atoms with Crippen molar-refractivity contribution in [3.63, 3.8) is 0 Å². The standard InChI is InChI=1S/C6H9BrN4OS/c1-11(2)4(12)3-8-6-10-9-5(7)13-6/h3H2,1-2H3,(H,8,10). The second-order valence-corrected chi connectivity index (χ2v) is 4.76. The molecule has 0 radical (unpaired) electrons. The number of anilines is 1. The molecule has 0 atom stereocenters. The Balaban J connectivity index is 2.39. The van der Waals surface area contributed by atoms with Gasteiger partial charge in [0.2, 0.25) is 11.0 Å². The number of rotatable bonds is 3. The third-order valence-corrected chi connectivity index (χ3v) is 2.60. The van der Waals surface area contributed by atoms with Crippen LogP contribution in [0.15, 0.2) is 3.92 Å². The summed E-state index contributed by atoms with van der Waals surface area (Å²) in [6, 6.07) is 0. The molecule has 0 saturated carbocycles. The second-order valence-electron chi connectivity index (χ2n) is 2.50. The van der Waals surface area contributed by atoms with Crippen LogP contribution < -0.4 is 5.32 Å². The number of nitrogens with one attached hydrogen (secondary N) is 1. The van der Waals surface area contributed by atoms with Crippen molar-refractivity contribution in [3.05, 3.63) is 3.92 Å². The molecule has 1 heterocycles. The zero-order valence-electron chi connectivity index (χ0n) is 7.24. The van der Waals surface area contributed by atoms with Gasteiger partial charge in [-0.05, 0) is 15.9 Å². The molecule has 13 heavy (non-hydrogen) atoms. The maximum atomic E-state index is 11.1. The Morgan fingerprint density at radius 1 is 1.62 bits per heavy atom. The lowest BCUT2D eigenvalue weighted by atomic mass is 10.5. The molecule has 5 nitrogen and oxygen atoms in total. The van der Waals surface area contributed by atoms with Crippen LogP contribution in [0.4, 0.5) is 5.13 Å². The van der Waals surface area contributed by atoms with E-state index in [9.17, 15) is 4.79 Å². The molecule has 1 N–H and O–H groups in total. The highest BCUT2D eigenvalue weighted by Crippen LogP contribution is 2.19. The van der Waals surface area contributed by atoms with E-state index in [1.807, 2.05) is 0 Å². The molecule has 1 rings (SSSR count). The second kappa shape index (κ2) is 4.52. The molecule has 0 aromatic carbocycles. The minimum Gasteiger partial charge on any atom is -0.351 e. The Morgan fingerprint density at radius 2 is 2.31 bits per heavy atom. The molecular weight excluding hydrogens is 256 g/mol. The van der Waals surface area contributed by atoms with Gasteiger partial charge in [0, 0.05) is 14.1 Å². The number of carbonyl (C=O) groups excluding carboxylic acids is 1. The van der Waals surface area contributed by atoms with Crippen LogP contribution in [0, 0.1) is 0 Å². The number of nitrogens with zero attached hydrogens (tertiary/aromatic N) is 3. The highest BCUT2D eigenvalue weighted by atomic mass is 79.9. The van der Waals surface area contributed by atoms with E-state index in [4.69, 9.17) is 0 Å². The van der Waals surface area contributed by atoms with Crippen molar-refractivity contribution in [2.45, 2.75) is 0 Å². The van der Waals surface area contributed by atoms with E-state index in [1.54, 1.807) is 14.1 Å². The zero-order valence-corrected chi connectivity index (χ0v) is 9.65. The van der Waals surface area contributed by atoms with Crippen LogP contribution in [-0.4, -0.2) is 41.6 Å². The van der Waals surface area contributed by atoms with E-state index in [-0.39, 0.29) is 12.5 Å². The maximum Gasteiger partial charge on any atom is 0.241 e. The van der Waals surface area contributed by atoms with Crippen LogP contribution >= 0.6 is 27.3 Å². The molecule has 7 heteroatoms. The third kappa shape index (κ3) is 3.27. The van der Waals surface area contributed by atoms with Crippen LogP contribution in [0.2, 0.25) is 0 Å². The third-order valence-electron chi connectivity index (χ3n) is 1.29. The summed E-state index contributed by atoms with van der Waals surface area (Å²) in [4.78, 5) is 12.6. The summed E-state index contributed by atoms with van der Waals surface area (Å²) in [5, 5.41) is 11.0. The first-order valence-electron chi connectivity index (χ1n) is 3.52. The monoisotopic (exact) mass is 264 g/mol. The van der Waals surface area contributed by atoms with Gasteiger partial charge in [0.15, 0.2) is 3.92 Å². The fourth-order valence-corrected chi connectivity index (χ4v) is 1.59. The first kappa shape index (κ1) is 10.4. The summed E-state index contributed by atoms with van der Waals surface area (Å²) >= 11 is 4.53. The molecular formula is C6H9BrN4OS. The number of amides is 1. The van der Waals surface area contributed by atoms with E-state index in [1.165, 1.54) is 16.2 Å². The molecule has 0 aliphatic carbocycles. The Bertz CT molecular complexity index is 301. The Morgan fingerprint density at radius 3 is 2.77 bits per heavy atom. The molecule has 0 unspecified atom stereocenters. The largest absolute Gasteiger partial charge is 0.351 e. The number of halogens is 1. The van der Waals surface area contributed by atoms with Crippen molar-refractivity contribution >= 4 is 38.3 Å². The number of aromatic nitrogens is 2. The lowest BCUT2D eigenvalue weighted by Crippen LogP contribution is -2.28. The summed E-state index contributed by atoms with van der Waals surface area (Å²) in [5.41, 5.74) is 0. The average molecular weight is 265 g/mol. The lowest BCUT2D eigenvalue weighted by molar-refractivity contribution is -0.126. The summed E-state index contributed by atoms with van der Waals surface area (Å²) in [6.07, 6.45) is 0. The van der Waals surface area contributed by atoms with Crippen LogP contribution in [0.3, 0.4) is 0 Å². The fourth-order valence-electron chi connectivity index (χ4n) is 0.586. The van der Waals surface area contributed by atoms with Gasteiger partial charge >= 0.3 is 0 Å². The lowest BCUT2D eigenvalue weighted by Gasteiger charge is -2.09. The van der Waals surface area contributed by atoms with Crippen molar-refractivity contribution in [3.8, 4) is 0 Å². The van der Waals surface area contributed by atoms with Gasteiger partial charge in [-0.3, -0.25) is 4.79 Å². The SMILES string of the molecule is CN(C)C(=O)CNc1nnc(Br)s1. The molecule has 1 amide bonds. The van der Waals surface area contributed by atoms with Gasteiger partial charge in [-0.1, -0.05) is 11.3 Å². The summed E-state index contributed by atoms with van der Waals surface area (Å²) in [7, 11) is 3.42. The number of hydrogen-bond donors (Lipinski definition) is 1. The molecule has 0 fully saturated rings. The van der Waals surface area contributed by atoms with E-state index in [0.717, 1.165) is 0 Å². The van der Waals surface area contributed by atoms with Gasteiger partial charge < -0.3 is 10.2 Å². The molecule has 0 aliphatic rings. The van der Waals surface area contributed by atoms with Gasteiger partial charge in [-0.2, -0.15) is 0 Å². The summed E-state index contributed by atoms with van der Waals surface area (Å²) in [5.74, 6) is 0.00585. The molecule has 1 aromatic rings. The number of carbonyl (C=O) groups is 1. The predicted octanol–water partition coefficient (Wildman–Crippen LogP) is 0.801. The minimum absolute atomic E-state index is 0.00585. The summed E-state index contributed by atoms with van der Waals surface area (Å²) in [6.45, 7) is 0.245. The van der Waals surface area contributed by atoms with Gasteiger partial charge in [-0.25, -0.2) is 0 Å². The molecule has 0 spiro atoms. The molecule has 1 aromatic heterocycles. The number of likely N-dealkylation sites (N-methyl/N-ethyl adjacent to an activating group) is 1. The van der Waals surface area contributed by atoms with Crippen molar-refractivity contribution in [2.24, 2.45) is 0 Å². The van der Waals surface area contributed by atoms with Crippen LogP contribution in [0.5, 0.6) is 0 Å². The Hall–Kier alpha value is -0.690. The van der Waals surface area contributed by atoms with E-state index in [0.29, 0.717) is 9.05 Å². The first-order valence-corrected chi connectivity index (χ1v) is 5.13. The molecule has 0 aliphatic heterocycles. The van der Waals surface area contributed by atoms with Crippen molar-refractivity contribution in [2.75, 3.05) is 26.0 Å². The highest BCUT2D eigenvalue weighted by Gasteiger charge is 2.05. The van der Waals surface area contributed by atoms with Gasteiger partial charge in [0.25, 0.3) is 0 Å². The highest BCUT2D eigenvalue weighted by molar-refractivity contribution is 9.11. The van der Waals surface area contributed by atoms with Crippen molar-refractivity contribution in [1.82, 2.24) is 15.1 Å². The Kier molecular flexibility index (Phi) is 3.61. The van der Waals surface area contributed by atoms with Crippen LogP contribution in [0.1, 0.15) is 0 Å². The normalized spacial score (nSPS) is 9.77. The van der Waals surface area contributed by atoms with Gasteiger partial charge in [0.05, 0.1) is 6.54 Å². The van der Waals surface area contributed by atoms with Crippen LogP contribution in [0.25, 0.3) is 0 Å². The molecule has 72 valence electrons.